The van der Waals surface area contributed by atoms with Crippen molar-refractivity contribution >= 4 is 32.1 Å². The summed E-state index contributed by atoms with van der Waals surface area (Å²) >= 11 is 1.36. The first-order chi connectivity index (χ1) is 10.0. The second-order valence-corrected chi connectivity index (χ2v) is 8.05. The van der Waals surface area contributed by atoms with Gasteiger partial charge >= 0.3 is 0 Å². The molecule has 7 nitrogen and oxygen atoms in total. The van der Waals surface area contributed by atoms with Gasteiger partial charge in [-0.15, -0.1) is 11.3 Å². The molecule has 0 saturated heterocycles. The van der Waals surface area contributed by atoms with Gasteiger partial charge in [0.1, 0.15) is 0 Å². The third kappa shape index (κ3) is 2.78. The van der Waals surface area contributed by atoms with Crippen LogP contribution in [0.2, 0.25) is 0 Å². The first kappa shape index (κ1) is 14.8. The maximum Gasteiger partial charge on any atom is 0.260 e. The van der Waals surface area contributed by atoms with Gasteiger partial charge in [0, 0.05) is 17.6 Å². The highest BCUT2D eigenvalue weighted by molar-refractivity contribution is 7.89. The first-order valence-electron chi connectivity index (χ1n) is 6.96. The van der Waals surface area contributed by atoms with Crippen LogP contribution in [0.4, 0.5) is 5.82 Å². The molecule has 1 aliphatic carbocycles. The summed E-state index contributed by atoms with van der Waals surface area (Å²) < 4.78 is 29.7. The fraction of sp³-hybridized carbons (Fsp3) is 0.583. The van der Waals surface area contributed by atoms with Crippen molar-refractivity contribution in [3.05, 3.63) is 11.6 Å². The highest BCUT2D eigenvalue weighted by atomic mass is 32.2. The zero-order chi connectivity index (χ0) is 15.0. The molecule has 1 fully saturated rings. The fourth-order valence-corrected chi connectivity index (χ4v) is 5.09. The number of nitrogens with one attached hydrogen (secondary N) is 2. The van der Waals surface area contributed by atoms with Crippen LogP contribution in [0.5, 0.6) is 0 Å². The molecule has 0 bridgehead atoms. The molecule has 1 aliphatic rings. The minimum absolute atomic E-state index is 0.0130. The third-order valence-corrected chi connectivity index (χ3v) is 6.25. The highest BCUT2D eigenvalue weighted by Gasteiger charge is 2.29. The number of nitrogens with zero attached hydrogens (tertiary/aromatic N) is 2. The van der Waals surface area contributed by atoms with Crippen LogP contribution < -0.4 is 16.0 Å². The minimum atomic E-state index is -3.66. The quantitative estimate of drug-likeness (QED) is 0.583. The van der Waals surface area contributed by atoms with Gasteiger partial charge in [0.2, 0.25) is 5.03 Å². The molecule has 4 N–H and O–H groups in total. The number of rotatable bonds is 4. The molecule has 9 heteroatoms. The third-order valence-electron chi connectivity index (χ3n) is 3.95. The van der Waals surface area contributed by atoms with Crippen LogP contribution in [0.15, 0.2) is 16.6 Å². The number of hydrogen-bond acceptors (Lipinski definition) is 6. The number of sulfonamides is 1. The summed E-state index contributed by atoms with van der Waals surface area (Å²) in [6.45, 7) is 2.20. The van der Waals surface area contributed by atoms with Gasteiger partial charge < -0.3 is 5.43 Å². The Balaban J connectivity index is 1.91. The lowest BCUT2D eigenvalue weighted by molar-refractivity contribution is 0.332. The lowest BCUT2D eigenvalue weighted by Crippen LogP contribution is -2.38. The van der Waals surface area contributed by atoms with E-state index >= 15 is 0 Å². The second kappa shape index (κ2) is 5.56. The van der Waals surface area contributed by atoms with Crippen molar-refractivity contribution in [3.63, 3.8) is 0 Å². The van der Waals surface area contributed by atoms with Crippen molar-refractivity contribution in [1.82, 2.24) is 14.1 Å². The van der Waals surface area contributed by atoms with E-state index in [1.165, 1.54) is 11.3 Å². The maximum atomic E-state index is 12.7. The Bertz CT molecular complexity index is 728. The van der Waals surface area contributed by atoms with Gasteiger partial charge in [-0.25, -0.2) is 19.0 Å². The van der Waals surface area contributed by atoms with Gasteiger partial charge in [0.05, 0.1) is 0 Å². The molecule has 0 amide bonds. The lowest BCUT2D eigenvalue weighted by Gasteiger charge is -2.26. The Morgan fingerprint density at radius 1 is 1.38 bits per heavy atom. The Morgan fingerprint density at radius 2 is 2.10 bits per heavy atom. The molecule has 2 aromatic heterocycles. The second-order valence-electron chi connectivity index (χ2n) is 5.54. The van der Waals surface area contributed by atoms with Crippen LogP contribution in [0.25, 0.3) is 4.96 Å². The average molecular weight is 329 g/mol. The van der Waals surface area contributed by atoms with Crippen molar-refractivity contribution < 1.29 is 8.42 Å². The molecule has 0 spiro atoms. The molecule has 21 heavy (non-hydrogen) atoms. The van der Waals surface area contributed by atoms with Gasteiger partial charge in [0.15, 0.2) is 10.8 Å². The molecule has 116 valence electrons. The van der Waals surface area contributed by atoms with E-state index in [1.54, 1.807) is 16.0 Å². The van der Waals surface area contributed by atoms with Crippen LogP contribution in [0.3, 0.4) is 0 Å². The summed E-state index contributed by atoms with van der Waals surface area (Å²) in [7, 11) is -3.66. The number of anilines is 1. The van der Waals surface area contributed by atoms with E-state index in [0.717, 1.165) is 25.7 Å². The van der Waals surface area contributed by atoms with Crippen LogP contribution in [0, 0.1) is 5.92 Å². The summed E-state index contributed by atoms with van der Waals surface area (Å²) in [5.41, 5.74) is 2.38. The van der Waals surface area contributed by atoms with Crippen LogP contribution in [-0.4, -0.2) is 23.8 Å². The van der Waals surface area contributed by atoms with E-state index in [0.29, 0.717) is 10.9 Å². The van der Waals surface area contributed by atoms with Crippen LogP contribution >= 0.6 is 11.3 Å². The van der Waals surface area contributed by atoms with Gasteiger partial charge in [-0.2, -0.15) is 4.98 Å². The molecule has 0 radical (unpaired) electrons. The number of imidazole rings is 1. The Labute approximate surface area is 127 Å². The van der Waals surface area contributed by atoms with Crippen molar-refractivity contribution in [2.75, 3.05) is 5.43 Å². The predicted molar refractivity (Wildman–Crippen MR) is 82.6 cm³/mol. The largest absolute Gasteiger partial charge is 0.306 e. The standard InChI is InChI=1S/C12H19N5O2S2/c1-8-2-4-9(5-3-8)16-21(18,19)11-10(15-13)14-12-17(11)6-7-20-12/h6-9,15-16H,2-5,13H2,1H3. The van der Waals surface area contributed by atoms with E-state index in [2.05, 4.69) is 22.1 Å². The lowest BCUT2D eigenvalue weighted by atomic mass is 9.88. The molecule has 0 atom stereocenters. The topological polar surface area (TPSA) is 102 Å². The summed E-state index contributed by atoms with van der Waals surface area (Å²) in [4.78, 5) is 4.79. The molecular formula is C12H19N5O2S2. The molecule has 0 aromatic carbocycles. The summed E-state index contributed by atoms with van der Waals surface area (Å²) in [5, 5.41) is 1.88. The van der Waals surface area contributed by atoms with Crippen LogP contribution in [0.1, 0.15) is 32.6 Å². The van der Waals surface area contributed by atoms with Crippen molar-refractivity contribution in [2.24, 2.45) is 11.8 Å². The monoisotopic (exact) mass is 329 g/mol. The predicted octanol–water partition coefficient (Wildman–Crippen LogP) is 1.54. The molecule has 0 aliphatic heterocycles. The summed E-state index contributed by atoms with van der Waals surface area (Å²) in [6.07, 6.45) is 5.53. The zero-order valence-electron chi connectivity index (χ0n) is 11.7. The number of nitrogen functional groups attached to an aromatic ring is 1. The number of fused-ring (bicyclic) bond motifs is 1. The van der Waals surface area contributed by atoms with Crippen molar-refractivity contribution in [3.8, 4) is 0 Å². The smallest absolute Gasteiger partial charge is 0.260 e. The Hall–Kier alpha value is -1.16. The SMILES string of the molecule is CC1CCC(NS(=O)(=O)c2c(NN)nc3sccn23)CC1. The number of nitrogens with two attached hydrogens (primary N) is 1. The number of hydrazine groups is 1. The highest BCUT2D eigenvalue weighted by Crippen LogP contribution is 2.28. The van der Waals surface area contributed by atoms with Gasteiger partial charge in [-0.3, -0.25) is 4.40 Å². The molecular weight excluding hydrogens is 310 g/mol. The van der Waals surface area contributed by atoms with Crippen molar-refractivity contribution in [2.45, 2.75) is 43.7 Å². The Kier molecular flexibility index (Phi) is 3.91. The fourth-order valence-electron chi connectivity index (χ4n) is 2.77. The van der Waals surface area contributed by atoms with Crippen molar-refractivity contribution in [1.29, 1.82) is 0 Å². The van der Waals surface area contributed by atoms with E-state index in [1.807, 2.05) is 0 Å². The van der Waals surface area contributed by atoms with Gasteiger partial charge in [-0.05, 0) is 31.6 Å². The van der Waals surface area contributed by atoms with E-state index in [4.69, 9.17) is 5.84 Å². The minimum Gasteiger partial charge on any atom is -0.306 e. The van der Waals surface area contributed by atoms with Gasteiger partial charge in [0.25, 0.3) is 10.0 Å². The molecule has 2 heterocycles. The number of hydrogen-bond donors (Lipinski definition) is 3. The van der Waals surface area contributed by atoms with Gasteiger partial charge in [-0.1, -0.05) is 6.92 Å². The summed E-state index contributed by atoms with van der Waals surface area (Å²) in [5.74, 6) is 6.26. The molecule has 2 aromatic rings. The number of aromatic nitrogens is 2. The normalized spacial score (nSPS) is 23.5. The Morgan fingerprint density at radius 3 is 2.76 bits per heavy atom. The molecule has 3 rings (SSSR count). The average Bonchev–Trinajstić information content (AvgIpc) is 3.00. The van der Waals surface area contributed by atoms with E-state index in [-0.39, 0.29) is 16.9 Å². The summed E-state index contributed by atoms with van der Waals surface area (Å²) in [6, 6.07) is -0.0130. The molecule has 0 unspecified atom stereocenters. The van der Waals surface area contributed by atoms with E-state index < -0.39 is 10.0 Å². The zero-order valence-corrected chi connectivity index (χ0v) is 13.4. The molecule has 1 saturated carbocycles. The number of thiazole rings is 1. The maximum absolute atomic E-state index is 12.7. The van der Waals surface area contributed by atoms with E-state index in [9.17, 15) is 8.42 Å². The first-order valence-corrected chi connectivity index (χ1v) is 9.32. The van der Waals surface area contributed by atoms with Crippen LogP contribution in [-0.2, 0) is 10.0 Å².